The lowest BCUT2D eigenvalue weighted by Gasteiger charge is -2.07. The lowest BCUT2D eigenvalue weighted by Crippen LogP contribution is -2.25. The summed E-state index contributed by atoms with van der Waals surface area (Å²) in [4.78, 5) is 8.18. The predicted octanol–water partition coefficient (Wildman–Crippen LogP) is 2.19. The first-order valence-electron chi connectivity index (χ1n) is 5.68. The number of pyridine rings is 2. The molecule has 6 heteroatoms. The Morgan fingerprint density at radius 2 is 2.11 bits per heavy atom. The van der Waals surface area contributed by atoms with E-state index >= 15 is 0 Å². The third-order valence-electron chi connectivity index (χ3n) is 2.28. The van der Waals surface area contributed by atoms with E-state index in [0.717, 1.165) is 17.1 Å². The van der Waals surface area contributed by atoms with Gasteiger partial charge >= 0.3 is 0 Å². The molecule has 0 radical (unpaired) electrons. The number of hydrogen-bond acceptors (Lipinski definition) is 4. The Bertz CT molecular complexity index is 568. The van der Waals surface area contributed by atoms with Gasteiger partial charge in [-0.15, -0.1) is 0 Å². The Morgan fingerprint density at radius 3 is 2.79 bits per heavy atom. The fourth-order valence-corrected chi connectivity index (χ4v) is 1.53. The molecule has 0 aliphatic heterocycles. The highest BCUT2D eigenvalue weighted by molar-refractivity contribution is 7.80. The summed E-state index contributed by atoms with van der Waals surface area (Å²) in [5.74, 6) is 0. The molecule has 5 nitrogen and oxygen atoms in total. The molecule has 2 aromatic rings. The summed E-state index contributed by atoms with van der Waals surface area (Å²) in [5, 5.41) is 7.56. The molecule has 0 unspecified atom stereocenters. The zero-order valence-electron chi connectivity index (χ0n) is 10.4. The third kappa shape index (κ3) is 4.11. The van der Waals surface area contributed by atoms with Crippen molar-refractivity contribution in [3.8, 4) is 0 Å². The van der Waals surface area contributed by atoms with E-state index in [1.807, 2.05) is 37.3 Å². The minimum absolute atomic E-state index is 0.406. The van der Waals surface area contributed by atoms with Crippen molar-refractivity contribution < 1.29 is 0 Å². The van der Waals surface area contributed by atoms with Crippen molar-refractivity contribution in [2.45, 2.75) is 6.92 Å². The maximum absolute atomic E-state index is 5.13. The number of thiocarbonyl (C=S) groups is 1. The van der Waals surface area contributed by atoms with Gasteiger partial charge in [0.2, 0.25) is 0 Å². The average Bonchev–Trinajstić information content (AvgIpc) is 2.47. The molecule has 0 atom stereocenters. The van der Waals surface area contributed by atoms with E-state index in [-0.39, 0.29) is 0 Å². The number of nitrogens with one attached hydrogen (secondary N) is 2. The smallest absolute Gasteiger partial charge is 0.191 e. The molecular formula is C13H13N5S. The zero-order chi connectivity index (χ0) is 13.5. The second kappa shape index (κ2) is 6.55. The summed E-state index contributed by atoms with van der Waals surface area (Å²) in [6.07, 6.45) is 5.11. The summed E-state index contributed by atoms with van der Waals surface area (Å²) in [6, 6.07) is 9.36. The summed E-state index contributed by atoms with van der Waals surface area (Å²) in [6.45, 7) is 1.86. The van der Waals surface area contributed by atoms with Gasteiger partial charge in [-0.3, -0.25) is 15.4 Å². The molecule has 0 aromatic carbocycles. The summed E-state index contributed by atoms with van der Waals surface area (Å²) in [5.41, 5.74) is 5.15. The Labute approximate surface area is 116 Å². The number of rotatable bonds is 3. The molecular weight excluding hydrogens is 258 g/mol. The number of aromatic nitrogens is 2. The topological polar surface area (TPSA) is 62.2 Å². The number of anilines is 1. The van der Waals surface area contributed by atoms with Crippen molar-refractivity contribution >= 4 is 28.7 Å². The van der Waals surface area contributed by atoms with Crippen molar-refractivity contribution in [1.29, 1.82) is 0 Å². The van der Waals surface area contributed by atoms with Crippen LogP contribution >= 0.6 is 12.2 Å². The summed E-state index contributed by atoms with van der Waals surface area (Å²) < 4.78 is 0. The van der Waals surface area contributed by atoms with Gasteiger partial charge in [0, 0.05) is 12.4 Å². The fraction of sp³-hybridized carbons (Fsp3) is 0.0769. The quantitative estimate of drug-likeness (QED) is 0.509. The summed E-state index contributed by atoms with van der Waals surface area (Å²) >= 11 is 5.13. The Kier molecular flexibility index (Phi) is 4.52. The van der Waals surface area contributed by atoms with Crippen LogP contribution in [-0.2, 0) is 0 Å². The van der Waals surface area contributed by atoms with Gasteiger partial charge in [-0.1, -0.05) is 6.07 Å². The van der Waals surface area contributed by atoms with Crippen LogP contribution in [0.3, 0.4) is 0 Å². The standard InChI is InChI=1S/C13H13N5S/c1-10(12-6-2-3-8-15-12)17-18-13(19)16-11-5-4-7-14-9-11/h2-9H,1H3,(H2,16,18,19)/b17-10+. The van der Waals surface area contributed by atoms with Crippen molar-refractivity contribution in [3.05, 3.63) is 54.6 Å². The van der Waals surface area contributed by atoms with Crippen LogP contribution in [-0.4, -0.2) is 20.8 Å². The van der Waals surface area contributed by atoms with Crippen molar-refractivity contribution in [1.82, 2.24) is 15.4 Å². The average molecular weight is 271 g/mol. The number of hydrogen-bond donors (Lipinski definition) is 2. The second-order valence-electron chi connectivity index (χ2n) is 3.72. The van der Waals surface area contributed by atoms with E-state index in [2.05, 4.69) is 25.8 Å². The van der Waals surface area contributed by atoms with E-state index in [9.17, 15) is 0 Å². The number of hydrazone groups is 1. The molecule has 2 N–H and O–H groups in total. The Balaban J connectivity index is 1.93. The highest BCUT2D eigenvalue weighted by atomic mass is 32.1. The molecule has 0 bridgehead atoms. The molecule has 0 aliphatic carbocycles. The maximum atomic E-state index is 5.13. The molecule has 0 saturated carbocycles. The van der Waals surface area contributed by atoms with E-state index < -0.39 is 0 Å². The second-order valence-corrected chi connectivity index (χ2v) is 4.13. The van der Waals surface area contributed by atoms with Crippen LogP contribution < -0.4 is 10.7 Å². The summed E-state index contributed by atoms with van der Waals surface area (Å²) in [7, 11) is 0. The van der Waals surface area contributed by atoms with E-state index in [1.165, 1.54) is 0 Å². The van der Waals surface area contributed by atoms with Gasteiger partial charge < -0.3 is 5.32 Å². The zero-order valence-corrected chi connectivity index (χ0v) is 11.2. The molecule has 19 heavy (non-hydrogen) atoms. The minimum Gasteiger partial charge on any atom is -0.330 e. The van der Waals surface area contributed by atoms with Gasteiger partial charge in [0.05, 0.1) is 23.3 Å². The van der Waals surface area contributed by atoms with Crippen molar-refractivity contribution in [2.75, 3.05) is 5.32 Å². The Morgan fingerprint density at radius 1 is 1.21 bits per heavy atom. The van der Waals surface area contributed by atoms with Gasteiger partial charge in [-0.05, 0) is 43.4 Å². The molecule has 0 spiro atoms. The Hall–Kier alpha value is -2.34. The minimum atomic E-state index is 0.406. The van der Waals surface area contributed by atoms with Crippen LogP contribution in [0, 0.1) is 0 Å². The molecule has 0 amide bonds. The lowest BCUT2D eigenvalue weighted by atomic mass is 10.3. The van der Waals surface area contributed by atoms with Crippen molar-refractivity contribution in [3.63, 3.8) is 0 Å². The normalized spacial score (nSPS) is 10.9. The molecule has 2 rings (SSSR count). The third-order valence-corrected chi connectivity index (χ3v) is 2.47. The number of nitrogens with zero attached hydrogens (tertiary/aromatic N) is 3. The van der Waals surface area contributed by atoms with Gasteiger partial charge in [0.25, 0.3) is 0 Å². The highest BCUT2D eigenvalue weighted by Gasteiger charge is 1.99. The maximum Gasteiger partial charge on any atom is 0.191 e. The van der Waals surface area contributed by atoms with E-state index in [0.29, 0.717) is 5.11 Å². The molecule has 96 valence electrons. The van der Waals surface area contributed by atoms with Crippen LogP contribution in [0.5, 0.6) is 0 Å². The first kappa shape index (κ1) is 13.1. The van der Waals surface area contributed by atoms with Gasteiger partial charge in [-0.2, -0.15) is 5.10 Å². The highest BCUT2D eigenvalue weighted by Crippen LogP contribution is 2.02. The molecule has 0 saturated heterocycles. The van der Waals surface area contributed by atoms with Crippen LogP contribution in [0.2, 0.25) is 0 Å². The predicted molar refractivity (Wildman–Crippen MR) is 80.0 cm³/mol. The molecule has 2 heterocycles. The fourth-order valence-electron chi connectivity index (χ4n) is 1.36. The lowest BCUT2D eigenvalue weighted by molar-refractivity contribution is 1.03. The van der Waals surface area contributed by atoms with Crippen LogP contribution in [0.15, 0.2) is 54.0 Å². The largest absolute Gasteiger partial charge is 0.330 e. The first-order valence-corrected chi connectivity index (χ1v) is 6.09. The van der Waals surface area contributed by atoms with Crippen LogP contribution in [0.25, 0.3) is 0 Å². The van der Waals surface area contributed by atoms with Crippen LogP contribution in [0.1, 0.15) is 12.6 Å². The van der Waals surface area contributed by atoms with Gasteiger partial charge in [-0.25, -0.2) is 0 Å². The first-order chi connectivity index (χ1) is 9.25. The van der Waals surface area contributed by atoms with E-state index in [1.54, 1.807) is 18.6 Å². The SMILES string of the molecule is C/C(=N\NC(=S)Nc1cccnc1)c1ccccn1. The van der Waals surface area contributed by atoms with Gasteiger partial charge in [0.1, 0.15) is 0 Å². The molecule has 2 aromatic heterocycles. The van der Waals surface area contributed by atoms with Gasteiger partial charge in [0.15, 0.2) is 5.11 Å². The monoisotopic (exact) mass is 271 g/mol. The van der Waals surface area contributed by atoms with Crippen molar-refractivity contribution in [2.24, 2.45) is 5.10 Å². The van der Waals surface area contributed by atoms with Crippen LogP contribution in [0.4, 0.5) is 5.69 Å². The molecule has 0 aliphatic rings. The van der Waals surface area contributed by atoms with E-state index in [4.69, 9.17) is 12.2 Å². The molecule has 0 fully saturated rings.